The molecule has 1 aliphatic heterocycles. The molecule has 2 unspecified atom stereocenters. The highest BCUT2D eigenvalue weighted by Gasteiger charge is 2.27. The van der Waals surface area contributed by atoms with Crippen LogP contribution >= 0.6 is 23.7 Å². The fraction of sp³-hybridized carbons (Fsp3) is 0.500. The highest BCUT2D eigenvalue weighted by molar-refractivity contribution is 7.15. The number of hydrogen-bond acceptors (Lipinski definition) is 6. The summed E-state index contributed by atoms with van der Waals surface area (Å²) >= 11 is 1.69. The van der Waals surface area contributed by atoms with Crippen LogP contribution in [0.5, 0.6) is 5.75 Å². The molecule has 1 fully saturated rings. The van der Waals surface area contributed by atoms with Gasteiger partial charge >= 0.3 is 0 Å². The second-order valence-corrected chi connectivity index (χ2v) is 8.03. The summed E-state index contributed by atoms with van der Waals surface area (Å²) in [6.45, 7) is 2.14. The van der Waals surface area contributed by atoms with Crippen LogP contribution in [0.1, 0.15) is 35.9 Å². The summed E-state index contributed by atoms with van der Waals surface area (Å²) in [6, 6.07) is 8.15. The summed E-state index contributed by atoms with van der Waals surface area (Å²) in [5.41, 5.74) is 2.21. The predicted octanol–water partition coefficient (Wildman–Crippen LogP) is 3.11. The van der Waals surface area contributed by atoms with Crippen LogP contribution in [-0.4, -0.2) is 43.8 Å². The first kappa shape index (κ1) is 21.0. The molecule has 2 heterocycles. The van der Waals surface area contributed by atoms with Gasteiger partial charge in [-0.25, -0.2) is 4.98 Å². The Labute approximate surface area is 175 Å². The van der Waals surface area contributed by atoms with Crippen LogP contribution in [0.2, 0.25) is 0 Å². The van der Waals surface area contributed by atoms with Gasteiger partial charge in [0.1, 0.15) is 10.8 Å². The van der Waals surface area contributed by atoms with E-state index in [1.54, 1.807) is 18.4 Å². The van der Waals surface area contributed by atoms with E-state index in [0.717, 1.165) is 54.4 Å². The van der Waals surface area contributed by atoms with E-state index in [4.69, 9.17) is 14.5 Å². The van der Waals surface area contributed by atoms with E-state index in [-0.39, 0.29) is 30.4 Å². The summed E-state index contributed by atoms with van der Waals surface area (Å²) < 4.78 is 10.7. The number of aryl methyl sites for hydroxylation is 1. The summed E-state index contributed by atoms with van der Waals surface area (Å²) in [6.07, 6.45) is 3.45. The molecule has 2 N–H and O–H groups in total. The first-order valence-electron chi connectivity index (χ1n) is 9.47. The maximum atomic E-state index is 12.5. The number of methoxy groups -OCH3 is 1. The van der Waals surface area contributed by atoms with Crippen molar-refractivity contribution in [1.82, 2.24) is 15.6 Å². The minimum atomic E-state index is 0. The Morgan fingerprint density at radius 3 is 2.93 bits per heavy atom. The second-order valence-electron chi connectivity index (χ2n) is 7.00. The van der Waals surface area contributed by atoms with Crippen LogP contribution in [0.3, 0.4) is 0 Å². The largest absolute Gasteiger partial charge is 0.497 e. The molecule has 2 atom stereocenters. The molecule has 0 bridgehead atoms. The zero-order valence-corrected chi connectivity index (χ0v) is 17.5. The second kappa shape index (κ2) is 9.69. The number of amides is 1. The quantitative estimate of drug-likeness (QED) is 0.773. The van der Waals surface area contributed by atoms with Crippen molar-refractivity contribution in [3.8, 4) is 16.3 Å². The maximum Gasteiger partial charge on any atom is 0.222 e. The fourth-order valence-corrected chi connectivity index (χ4v) is 4.84. The van der Waals surface area contributed by atoms with Gasteiger partial charge in [-0.2, -0.15) is 0 Å². The standard InChI is InChI=1S/C20H25N3O3S.ClH/c1-25-15-7-5-13(6-8-15)20-23-17-4-2-3-16(19(17)27-20)22-18(24)11-14-12-26-10-9-21-14;/h5-8,14,16,21H,2-4,9-12H2,1H3,(H,22,24);1H. The van der Waals surface area contributed by atoms with Crippen LogP contribution in [0, 0.1) is 0 Å². The smallest absolute Gasteiger partial charge is 0.222 e. The van der Waals surface area contributed by atoms with Crippen LogP contribution < -0.4 is 15.4 Å². The lowest BCUT2D eigenvalue weighted by molar-refractivity contribution is -0.123. The van der Waals surface area contributed by atoms with E-state index in [0.29, 0.717) is 13.0 Å². The number of thiazole rings is 1. The van der Waals surface area contributed by atoms with E-state index in [1.165, 1.54) is 4.88 Å². The summed E-state index contributed by atoms with van der Waals surface area (Å²) in [5, 5.41) is 7.56. The number of fused-ring (bicyclic) bond motifs is 1. The molecule has 2 aromatic rings. The fourth-order valence-electron chi connectivity index (χ4n) is 3.64. The van der Waals surface area contributed by atoms with Gasteiger partial charge in [0.2, 0.25) is 5.91 Å². The average Bonchev–Trinajstić information content (AvgIpc) is 3.14. The molecule has 1 saturated heterocycles. The number of nitrogens with one attached hydrogen (secondary N) is 2. The molecule has 28 heavy (non-hydrogen) atoms. The van der Waals surface area contributed by atoms with E-state index in [2.05, 4.69) is 10.6 Å². The van der Waals surface area contributed by atoms with Crippen molar-refractivity contribution in [1.29, 1.82) is 0 Å². The van der Waals surface area contributed by atoms with Crippen LogP contribution in [0.15, 0.2) is 24.3 Å². The molecule has 152 valence electrons. The third kappa shape index (κ3) is 4.84. The number of carbonyl (C=O) groups is 1. The van der Waals surface area contributed by atoms with Gasteiger partial charge < -0.3 is 20.1 Å². The van der Waals surface area contributed by atoms with E-state index >= 15 is 0 Å². The Morgan fingerprint density at radius 2 is 2.21 bits per heavy atom. The van der Waals surface area contributed by atoms with Crippen molar-refractivity contribution in [2.24, 2.45) is 0 Å². The van der Waals surface area contributed by atoms with Crippen molar-refractivity contribution >= 4 is 29.7 Å². The number of benzene rings is 1. The zero-order chi connectivity index (χ0) is 18.6. The topological polar surface area (TPSA) is 72.5 Å². The number of rotatable bonds is 5. The number of halogens is 1. The number of carbonyl (C=O) groups excluding carboxylic acids is 1. The number of morpholine rings is 1. The number of aromatic nitrogens is 1. The summed E-state index contributed by atoms with van der Waals surface area (Å²) in [5.74, 6) is 0.917. The predicted molar refractivity (Wildman–Crippen MR) is 112 cm³/mol. The lowest BCUT2D eigenvalue weighted by atomic mass is 9.97. The monoisotopic (exact) mass is 423 g/mol. The van der Waals surface area contributed by atoms with E-state index < -0.39 is 0 Å². The van der Waals surface area contributed by atoms with Gasteiger partial charge in [0.15, 0.2) is 0 Å². The molecule has 0 spiro atoms. The minimum absolute atomic E-state index is 0. The molecule has 1 aromatic heterocycles. The van der Waals surface area contributed by atoms with E-state index in [9.17, 15) is 4.79 Å². The Balaban J connectivity index is 0.00000225. The van der Waals surface area contributed by atoms with Gasteiger partial charge in [-0.15, -0.1) is 23.7 Å². The highest BCUT2D eigenvalue weighted by atomic mass is 35.5. The molecular formula is C20H26ClN3O3S. The van der Waals surface area contributed by atoms with Gasteiger partial charge in [0.25, 0.3) is 0 Å². The third-order valence-electron chi connectivity index (χ3n) is 5.05. The summed E-state index contributed by atoms with van der Waals surface area (Å²) in [4.78, 5) is 18.5. The molecular weight excluding hydrogens is 398 g/mol. The Morgan fingerprint density at radius 1 is 1.39 bits per heavy atom. The van der Waals surface area contributed by atoms with Crippen LogP contribution in [-0.2, 0) is 16.0 Å². The molecule has 4 rings (SSSR count). The molecule has 1 aliphatic carbocycles. The van der Waals surface area contributed by atoms with Crippen LogP contribution in [0.4, 0.5) is 0 Å². The Kier molecular flexibility index (Phi) is 7.29. The minimum Gasteiger partial charge on any atom is -0.497 e. The van der Waals surface area contributed by atoms with Crippen molar-refractivity contribution in [3.63, 3.8) is 0 Å². The number of hydrogen-bond donors (Lipinski definition) is 2. The van der Waals surface area contributed by atoms with Crippen LogP contribution in [0.25, 0.3) is 10.6 Å². The van der Waals surface area contributed by atoms with Gasteiger partial charge in [0, 0.05) is 24.6 Å². The third-order valence-corrected chi connectivity index (χ3v) is 6.31. The Hall–Kier alpha value is -1.67. The molecule has 6 nitrogen and oxygen atoms in total. The normalized spacial score (nSPS) is 21.3. The number of nitrogens with zero attached hydrogens (tertiary/aromatic N) is 1. The van der Waals surface area contributed by atoms with Gasteiger partial charge in [-0.05, 0) is 43.5 Å². The van der Waals surface area contributed by atoms with Crippen molar-refractivity contribution in [3.05, 3.63) is 34.8 Å². The SMILES string of the molecule is COc1ccc(-c2nc3c(s2)C(NC(=O)CC2COCCN2)CCC3)cc1.Cl. The average molecular weight is 424 g/mol. The van der Waals surface area contributed by atoms with Crippen molar-refractivity contribution in [2.45, 2.75) is 37.8 Å². The van der Waals surface area contributed by atoms with Gasteiger partial charge in [0.05, 0.1) is 36.9 Å². The molecule has 0 saturated carbocycles. The first-order valence-corrected chi connectivity index (χ1v) is 10.3. The number of ether oxygens (including phenoxy) is 2. The lowest BCUT2D eigenvalue weighted by Crippen LogP contribution is -2.44. The molecule has 2 aliphatic rings. The van der Waals surface area contributed by atoms with Crippen molar-refractivity contribution in [2.75, 3.05) is 26.9 Å². The summed E-state index contributed by atoms with van der Waals surface area (Å²) in [7, 11) is 1.67. The molecule has 1 aromatic carbocycles. The van der Waals surface area contributed by atoms with Gasteiger partial charge in [-0.3, -0.25) is 4.79 Å². The maximum absolute atomic E-state index is 12.5. The van der Waals surface area contributed by atoms with Gasteiger partial charge in [-0.1, -0.05) is 0 Å². The Bertz CT molecular complexity index is 790. The zero-order valence-electron chi connectivity index (χ0n) is 15.9. The van der Waals surface area contributed by atoms with E-state index in [1.807, 2.05) is 24.3 Å². The molecule has 8 heteroatoms. The lowest BCUT2D eigenvalue weighted by Gasteiger charge is -2.26. The van der Waals surface area contributed by atoms with Crippen molar-refractivity contribution < 1.29 is 14.3 Å². The molecule has 1 amide bonds. The molecule has 0 radical (unpaired) electrons. The highest BCUT2D eigenvalue weighted by Crippen LogP contribution is 2.38. The first-order chi connectivity index (χ1) is 13.2.